The molecule has 2 aromatic rings. The van der Waals surface area contributed by atoms with Gasteiger partial charge in [0.1, 0.15) is 11.5 Å². The molecule has 0 saturated heterocycles. The van der Waals surface area contributed by atoms with Gasteiger partial charge in [-0.1, -0.05) is 24.0 Å². The molecule has 26 heavy (non-hydrogen) atoms. The van der Waals surface area contributed by atoms with Crippen LogP contribution >= 0.6 is 0 Å². The first-order valence-corrected chi connectivity index (χ1v) is 7.97. The summed E-state index contributed by atoms with van der Waals surface area (Å²) in [6.45, 7) is 0.0513. The fraction of sp³-hybridized carbons (Fsp3) is 0.200. The van der Waals surface area contributed by atoms with Crippen molar-refractivity contribution in [1.82, 2.24) is 10.6 Å². The number of hydrogen-bond donors (Lipinski definition) is 2. The summed E-state index contributed by atoms with van der Waals surface area (Å²) in [4.78, 5) is 23.5. The fourth-order valence-corrected chi connectivity index (χ4v) is 2.08. The average molecular weight is 352 g/mol. The molecule has 2 amide bonds. The Morgan fingerprint density at radius 3 is 2.42 bits per heavy atom. The molecule has 0 radical (unpaired) electrons. The highest BCUT2D eigenvalue weighted by Gasteiger charge is 2.06. The van der Waals surface area contributed by atoms with E-state index in [9.17, 15) is 9.59 Å². The molecule has 0 aliphatic carbocycles. The van der Waals surface area contributed by atoms with Crippen LogP contribution in [0.25, 0.3) is 0 Å². The molecule has 2 N–H and O–H groups in total. The van der Waals surface area contributed by atoms with Crippen molar-refractivity contribution in [3.63, 3.8) is 0 Å². The van der Waals surface area contributed by atoms with E-state index in [1.54, 1.807) is 62.7 Å². The summed E-state index contributed by atoms with van der Waals surface area (Å²) in [6.07, 6.45) is 0. The van der Waals surface area contributed by atoms with E-state index < -0.39 is 0 Å². The van der Waals surface area contributed by atoms with Gasteiger partial charge in [0.2, 0.25) is 0 Å². The van der Waals surface area contributed by atoms with Crippen molar-refractivity contribution in [2.75, 3.05) is 27.3 Å². The Bertz CT molecular complexity index is 820. The molecular formula is C20H20N2O4. The van der Waals surface area contributed by atoms with Crippen molar-refractivity contribution in [3.05, 3.63) is 59.7 Å². The Morgan fingerprint density at radius 1 is 1.04 bits per heavy atom. The summed E-state index contributed by atoms with van der Waals surface area (Å²) in [5, 5.41) is 5.21. The molecule has 0 fully saturated rings. The van der Waals surface area contributed by atoms with Gasteiger partial charge in [-0.15, -0.1) is 0 Å². The lowest BCUT2D eigenvalue weighted by molar-refractivity contribution is -0.122. The third kappa shape index (κ3) is 5.56. The zero-order chi connectivity index (χ0) is 18.8. The van der Waals surface area contributed by atoms with Gasteiger partial charge >= 0.3 is 0 Å². The number of benzene rings is 2. The van der Waals surface area contributed by atoms with Crippen LogP contribution in [0.1, 0.15) is 15.9 Å². The average Bonchev–Trinajstić information content (AvgIpc) is 2.69. The Kier molecular flexibility index (Phi) is 7.07. The van der Waals surface area contributed by atoms with Gasteiger partial charge in [0.05, 0.1) is 19.2 Å². The molecule has 0 atom stereocenters. The zero-order valence-electron chi connectivity index (χ0n) is 14.7. The van der Waals surface area contributed by atoms with Crippen LogP contribution in [0.4, 0.5) is 0 Å². The predicted octanol–water partition coefficient (Wildman–Crippen LogP) is 1.60. The Balaban J connectivity index is 1.82. The second-order valence-corrected chi connectivity index (χ2v) is 5.17. The largest absolute Gasteiger partial charge is 0.497 e. The Hall–Kier alpha value is -3.46. The summed E-state index contributed by atoms with van der Waals surface area (Å²) in [5.74, 6) is 6.53. The van der Waals surface area contributed by atoms with E-state index in [0.717, 1.165) is 0 Å². The number of rotatable bonds is 6. The van der Waals surface area contributed by atoms with Gasteiger partial charge in [0, 0.05) is 12.6 Å². The van der Waals surface area contributed by atoms with Crippen molar-refractivity contribution in [1.29, 1.82) is 0 Å². The van der Waals surface area contributed by atoms with Crippen molar-refractivity contribution in [2.24, 2.45) is 0 Å². The SMILES string of the molecule is CNC(=O)c1ccccc1C#CCNC(=O)COc1ccc(OC)cc1. The molecule has 0 spiro atoms. The zero-order valence-corrected chi connectivity index (χ0v) is 14.7. The van der Waals surface area contributed by atoms with Gasteiger partial charge in [-0.25, -0.2) is 0 Å². The second-order valence-electron chi connectivity index (χ2n) is 5.17. The molecule has 0 unspecified atom stereocenters. The van der Waals surface area contributed by atoms with E-state index in [1.807, 2.05) is 0 Å². The molecule has 0 heterocycles. The first-order chi connectivity index (χ1) is 12.6. The number of ether oxygens (including phenoxy) is 2. The fourth-order valence-electron chi connectivity index (χ4n) is 2.08. The lowest BCUT2D eigenvalue weighted by Crippen LogP contribution is -2.29. The lowest BCUT2D eigenvalue weighted by atomic mass is 10.1. The van der Waals surface area contributed by atoms with E-state index in [-0.39, 0.29) is 25.0 Å². The predicted molar refractivity (Wildman–Crippen MR) is 98.2 cm³/mol. The highest BCUT2D eigenvalue weighted by Crippen LogP contribution is 2.16. The molecule has 0 bridgehead atoms. The summed E-state index contributed by atoms with van der Waals surface area (Å²) < 4.78 is 10.4. The van der Waals surface area contributed by atoms with E-state index in [4.69, 9.17) is 9.47 Å². The van der Waals surface area contributed by atoms with E-state index in [0.29, 0.717) is 22.6 Å². The van der Waals surface area contributed by atoms with Crippen LogP contribution in [-0.2, 0) is 4.79 Å². The minimum absolute atomic E-state index is 0.108. The number of carbonyl (C=O) groups excluding carboxylic acids is 2. The highest BCUT2D eigenvalue weighted by atomic mass is 16.5. The Labute approximate surface area is 152 Å². The molecule has 6 heteroatoms. The van der Waals surface area contributed by atoms with Crippen molar-refractivity contribution in [3.8, 4) is 23.3 Å². The molecule has 0 aliphatic heterocycles. The molecule has 2 aromatic carbocycles. The van der Waals surface area contributed by atoms with Gasteiger partial charge < -0.3 is 20.1 Å². The van der Waals surface area contributed by atoms with Crippen LogP contribution in [0.5, 0.6) is 11.5 Å². The quantitative estimate of drug-likeness (QED) is 0.775. The molecule has 0 aromatic heterocycles. The maximum atomic E-state index is 11.8. The van der Waals surface area contributed by atoms with Crippen LogP contribution in [0, 0.1) is 11.8 Å². The van der Waals surface area contributed by atoms with Crippen molar-refractivity contribution >= 4 is 11.8 Å². The maximum absolute atomic E-state index is 11.8. The topological polar surface area (TPSA) is 76.7 Å². The third-order valence-corrected chi connectivity index (χ3v) is 3.43. The minimum Gasteiger partial charge on any atom is -0.497 e. The van der Waals surface area contributed by atoms with Gasteiger partial charge in [-0.2, -0.15) is 0 Å². The molecule has 134 valence electrons. The summed E-state index contributed by atoms with van der Waals surface area (Å²) >= 11 is 0. The standard InChI is InChI=1S/C20H20N2O4/c1-21-20(24)18-8-4-3-6-15(18)7-5-13-22-19(23)14-26-17-11-9-16(25-2)10-12-17/h3-4,6,8-12H,13-14H2,1-2H3,(H,21,24)(H,22,23). The monoisotopic (exact) mass is 352 g/mol. The highest BCUT2D eigenvalue weighted by molar-refractivity contribution is 5.96. The van der Waals surface area contributed by atoms with Gasteiger partial charge in [0.25, 0.3) is 11.8 Å². The normalized spacial score (nSPS) is 9.46. The smallest absolute Gasteiger partial charge is 0.258 e. The van der Waals surface area contributed by atoms with Gasteiger partial charge in [0.15, 0.2) is 6.61 Å². The second kappa shape index (κ2) is 9.74. The maximum Gasteiger partial charge on any atom is 0.258 e. The van der Waals surface area contributed by atoms with Crippen molar-refractivity contribution < 1.29 is 19.1 Å². The van der Waals surface area contributed by atoms with E-state index in [2.05, 4.69) is 22.5 Å². The molecule has 6 nitrogen and oxygen atoms in total. The number of methoxy groups -OCH3 is 1. The van der Waals surface area contributed by atoms with Crippen LogP contribution < -0.4 is 20.1 Å². The van der Waals surface area contributed by atoms with Crippen LogP contribution in [-0.4, -0.2) is 39.1 Å². The van der Waals surface area contributed by atoms with Crippen LogP contribution in [0.3, 0.4) is 0 Å². The molecule has 0 saturated carbocycles. The molecular weight excluding hydrogens is 332 g/mol. The third-order valence-electron chi connectivity index (χ3n) is 3.43. The minimum atomic E-state index is -0.283. The summed E-state index contributed by atoms with van der Waals surface area (Å²) in [5.41, 5.74) is 1.10. The lowest BCUT2D eigenvalue weighted by Gasteiger charge is -2.06. The summed E-state index contributed by atoms with van der Waals surface area (Å²) in [7, 11) is 3.15. The van der Waals surface area contributed by atoms with Crippen LogP contribution in [0.15, 0.2) is 48.5 Å². The van der Waals surface area contributed by atoms with E-state index >= 15 is 0 Å². The first kappa shape index (κ1) is 18.9. The number of carbonyl (C=O) groups is 2. The number of amides is 2. The van der Waals surface area contributed by atoms with Crippen LogP contribution in [0.2, 0.25) is 0 Å². The van der Waals surface area contributed by atoms with E-state index in [1.165, 1.54) is 0 Å². The number of hydrogen-bond acceptors (Lipinski definition) is 4. The van der Waals surface area contributed by atoms with Crippen molar-refractivity contribution in [2.45, 2.75) is 0 Å². The molecule has 2 rings (SSSR count). The van der Waals surface area contributed by atoms with Gasteiger partial charge in [-0.3, -0.25) is 9.59 Å². The Morgan fingerprint density at radius 2 is 1.73 bits per heavy atom. The number of nitrogens with one attached hydrogen (secondary N) is 2. The van der Waals surface area contributed by atoms with Gasteiger partial charge in [-0.05, 0) is 36.4 Å². The first-order valence-electron chi connectivity index (χ1n) is 7.97. The molecule has 0 aliphatic rings. The summed E-state index contributed by atoms with van der Waals surface area (Å²) in [6, 6.07) is 14.0.